The fraction of sp³-hybridized carbons (Fsp3) is 0.824. The van der Waals surface area contributed by atoms with Crippen LogP contribution in [0, 0.1) is 5.92 Å². The second-order valence-corrected chi connectivity index (χ2v) is 8.72. The van der Waals surface area contributed by atoms with Crippen LogP contribution in [0.2, 0.25) is 0 Å². The van der Waals surface area contributed by atoms with E-state index in [2.05, 4.69) is 36.4 Å². The van der Waals surface area contributed by atoms with Crippen LogP contribution in [0.15, 0.2) is 5.38 Å². The van der Waals surface area contributed by atoms with Gasteiger partial charge in [-0.2, -0.15) is 0 Å². The molecule has 3 rings (SSSR count). The van der Waals surface area contributed by atoms with Gasteiger partial charge in [-0.3, -0.25) is 4.90 Å². The lowest BCUT2D eigenvalue weighted by molar-refractivity contribution is 0.190. The molecule has 0 radical (unpaired) electrons. The highest BCUT2D eigenvalue weighted by atomic mass is 35.5. The van der Waals surface area contributed by atoms with E-state index >= 15 is 0 Å². The molecule has 2 heterocycles. The summed E-state index contributed by atoms with van der Waals surface area (Å²) in [5.74, 6) is 0.995. The van der Waals surface area contributed by atoms with Crippen LogP contribution in [-0.4, -0.2) is 35.6 Å². The predicted molar refractivity (Wildman–Crippen MR) is 104 cm³/mol. The molecule has 134 valence electrons. The second kappa shape index (κ2) is 9.00. The maximum absolute atomic E-state index is 4.82. The standard InChI is InChI=1S/C17H29N3S.2ClH/c1-17(2,3)15-12-21-16(19-15)11-20-8-6-14(7-9-20)18-10-13-4-5-13;;/h12-14,18H,4-11H2,1-3H3;2*1H. The van der Waals surface area contributed by atoms with Gasteiger partial charge in [-0.15, -0.1) is 36.2 Å². The summed E-state index contributed by atoms with van der Waals surface area (Å²) in [7, 11) is 0. The summed E-state index contributed by atoms with van der Waals surface area (Å²) in [6.45, 7) is 11.4. The van der Waals surface area contributed by atoms with Gasteiger partial charge in [0.25, 0.3) is 0 Å². The number of thiazole rings is 1. The highest BCUT2D eigenvalue weighted by molar-refractivity contribution is 7.09. The lowest BCUT2D eigenvalue weighted by Crippen LogP contribution is -2.42. The lowest BCUT2D eigenvalue weighted by Gasteiger charge is -2.32. The number of piperidine rings is 1. The van der Waals surface area contributed by atoms with Crippen molar-refractivity contribution in [3.63, 3.8) is 0 Å². The number of halogens is 2. The number of nitrogens with zero attached hydrogens (tertiary/aromatic N) is 2. The lowest BCUT2D eigenvalue weighted by atomic mass is 9.93. The van der Waals surface area contributed by atoms with Crippen molar-refractivity contribution in [3.8, 4) is 0 Å². The normalized spacial score (nSPS) is 20.0. The third-order valence-electron chi connectivity index (χ3n) is 4.66. The Kier molecular flexibility index (Phi) is 8.29. The van der Waals surface area contributed by atoms with Gasteiger partial charge < -0.3 is 5.32 Å². The van der Waals surface area contributed by atoms with E-state index in [4.69, 9.17) is 4.98 Å². The molecule has 1 aromatic rings. The van der Waals surface area contributed by atoms with Crippen LogP contribution in [0.1, 0.15) is 57.2 Å². The number of rotatable bonds is 5. The van der Waals surface area contributed by atoms with Crippen molar-refractivity contribution >= 4 is 36.2 Å². The Morgan fingerprint density at radius 3 is 2.35 bits per heavy atom. The zero-order valence-corrected chi connectivity index (χ0v) is 17.0. The Morgan fingerprint density at radius 2 is 1.83 bits per heavy atom. The molecule has 2 aliphatic rings. The molecular weight excluding hydrogens is 349 g/mol. The Morgan fingerprint density at radius 1 is 1.17 bits per heavy atom. The summed E-state index contributed by atoms with van der Waals surface area (Å²) in [5, 5.41) is 7.27. The molecule has 1 saturated heterocycles. The van der Waals surface area contributed by atoms with Gasteiger partial charge in [0.2, 0.25) is 0 Å². The van der Waals surface area contributed by atoms with Gasteiger partial charge in [0.1, 0.15) is 5.01 Å². The molecule has 0 atom stereocenters. The van der Waals surface area contributed by atoms with E-state index in [9.17, 15) is 0 Å². The van der Waals surface area contributed by atoms with Crippen molar-refractivity contribution in [1.82, 2.24) is 15.2 Å². The van der Waals surface area contributed by atoms with Crippen molar-refractivity contribution < 1.29 is 0 Å². The first-order valence-electron chi connectivity index (χ1n) is 8.41. The van der Waals surface area contributed by atoms with Crippen LogP contribution < -0.4 is 5.32 Å². The quantitative estimate of drug-likeness (QED) is 0.828. The van der Waals surface area contributed by atoms with Gasteiger partial charge in [0.15, 0.2) is 0 Å². The number of hydrogen-bond donors (Lipinski definition) is 1. The van der Waals surface area contributed by atoms with E-state index in [1.165, 1.54) is 56.0 Å². The first kappa shape index (κ1) is 21.2. The smallest absolute Gasteiger partial charge is 0.107 e. The van der Waals surface area contributed by atoms with E-state index in [0.29, 0.717) is 0 Å². The Labute approximate surface area is 157 Å². The van der Waals surface area contributed by atoms with Crippen LogP contribution in [-0.2, 0) is 12.0 Å². The first-order valence-corrected chi connectivity index (χ1v) is 9.29. The highest BCUT2D eigenvalue weighted by Crippen LogP contribution is 2.28. The highest BCUT2D eigenvalue weighted by Gasteiger charge is 2.25. The molecule has 6 heteroatoms. The van der Waals surface area contributed by atoms with Crippen molar-refractivity contribution in [2.75, 3.05) is 19.6 Å². The van der Waals surface area contributed by atoms with Crippen LogP contribution in [0.3, 0.4) is 0 Å². The van der Waals surface area contributed by atoms with E-state index in [0.717, 1.165) is 18.5 Å². The Bertz CT molecular complexity index is 461. The fourth-order valence-corrected chi connectivity index (χ4v) is 3.93. The molecule has 1 N–H and O–H groups in total. The van der Waals surface area contributed by atoms with Crippen molar-refractivity contribution in [2.45, 2.75) is 64.5 Å². The minimum atomic E-state index is 0. The third kappa shape index (κ3) is 6.50. The van der Waals surface area contributed by atoms with Gasteiger partial charge in [-0.25, -0.2) is 4.98 Å². The summed E-state index contributed by atoms with van der Waals surface area (Å²) in [6.07, 6.45) is 5.49. The molecule has 1 saturated carbocycles. The maximum atomic E-state index is 4.82. The van der Waals surface area contributed by atoms with Gasteiger partial charge >= 0.3 is 0 Å². The molecule has 0 unspecified atom stereocenters. The average Bonchev–Trinajstić information content (AvgIpc) is 3.14. The zero-order valence-electron chi connectivity index (χ0n) is 14.5. The van der Waals surface area contributed by atoms with E-state index in [-0.39, 0.29) is 30.2 Å². The summed E-state index contributed by atoms with van der Waals surface area (Å²) in [5.41, 5.74) is 1.41. The monoisotopic (exact) mass is 379 g/mol. The SMILES string of the molecule is CC(C)(C)c1csc(CN2CCC(NCC3CC3)CC2)n1.Cl.Cl. The minimum absolute atomic E-state index is 0. The minimum Gasteiger partial charge on any atom is -0.314 e. The third-order valence-corrected chi connectivity index (χ3v) is 5.49. The average molecular weight is 380 g/mol. The van der Waals surface area contributed by atoms with Crippen molar-refractivity contribution in [2.24, 2.45) is 5.92 Å². The zero-order chi connectivity index (χ0) is 14.9. The second-order valence-electron chi connectivity index (χ2n) is 7.78. The Hall–Kier alpha value is 0.130. The summed E-state index contributed by atoms with van der Waals surface area (Å²) in [4.78, 5) is 7.39. The number of nitrogens with one attached hydrogen (secondary N) is 1. The molecule has 23 heavy (non-hydrogen) atoms. The molecule has 0 bridgehead atoms. The molecule has 0 spiro atoms. The summed E-state index contributed by atoms with van der Waals surface area (Å²) >= 11 is 1.82. The molecule has 1 aromatic heterocycles. The summed E-state index contributed by atoms with van der Waals surface area (Å²) in [6, 6.07) is 0.753. The van der Waals surface area contributed by atoms with Gasteiger partial charge in [-0.05, 0) is 38.1 Å². The van der Waals surface area contributed by atoms with E-state index in [1.807, 2.05) is 11.3 Å². The molecule has 0 aromatic carbocycles. The first-order chi connectivity index (χ1) is 10.0. The topological polar surface area (TPSA) is 28.2 Å². The molecule has 3 nitrogen and oxygen atoms in total. The van der Waals surface area contributed by atoms with Crippen LogP contribution >= 0.6 is 36.2 Å². The summed E-state index contributed by atoms with van der Waals surface area (Å²) < 4.78 is 0. The van der Waals surface area contributed by atoms with E-state index in [1.54, 1.807) is 0 Å². The predicted octanol–water partition coefficient (Wildman–Crippen LogP) is 4.25. The number of likely N-dealkylation sites (tertiary alicyclic amines) is 1. The number of hydrogen-bond acceptors (Lipinski definition) is 4. The molecule has 1 aliphatic carbocycles. The molecule has 1 aliphatic heterocycles. The van der Waals surface area contributed by atoms with Crippen molar-refractivity contribution in [3.05, 3.63) is 16.1 Å². The molecular formula is C17H31Cl2N3S. The Balaban J connectivity index is 0.00000132. The largest absolute Gasteiger partial charge is 0.314 e. The molecule has 0 amide bonds. The molecule has 2 fully saturated rings. The number of aromatic nitrogens is 1. The van der Waals surface area contributed by atoms with Crippen LogP contribution in [0.4, 0.5) is 0 Å². The van der Waals surface area contributed by atoms with Gasteiger partial charge in [0, 0.05) is 29.9 Å². The maximum Gasteiger partial charge on any atom is 0.107 e. The van der Waals surface area contributed by atoms with E-state index < -0.39 is 0 Å². The van der Waals surface area contributed by atoms with Crippen LogP contribution in [0.25, 0.3) is 0 Å². The van der Waals surface area contributed by atoms with Gasteiger partial charge in [0.05, 0.1) is 12.2 Å². The van der Waals surface area contributed by atoms with Crippen molar-refractivity contribution in [1.29, 1.82) is 0 Å². The van der Waals surface area contributed by atoms with Crippen LogP contribution in [0.5, 0.6) is 0 Å². The fourth-order valence-electron chi connectivity index (χ4n) is 2.87. The van der Waals surface area contributed by atoms with Gasteiger partial charge in [-0.1, -0.05) is 20.8 Å².